The highest BCUT2D eigenvalue weighted by molar-refractivity contribution is 5.40. The summed E-state index contributed by atoms with van der Waals surface area (Å²) < 4.78 is 5.35. The fourth-order valence-electron chi connectivity index (χ4n) is 5.17. The quantitative estimate of drug-likeness (QED) is 0.263. The zero-order chi connectivity index (χ0) is 27.4. The topological polar surface area (TPSA) is 73.8 Å². The molecule has 5 nitrogen and oxygen atoms in total. The van der Waals surface area contributed by atoms with Crippen molar-refractivity contribution in [2.24, 2.45) is 0 Å². The first-order chi connectivity index (χ1) is 18.3. The van der Waals surface area contributed by atoms with Gasteiger partial charge in [0.15, 0.2) is 0 Å². The Morgan fingerprint density at radius 1 is 0.789 bits per heavy atom. The Kier molecular flexibility index (Phi) is 11.7. The molecule has 206 valence electrons. The number of ether oxygens (including phenoxy) is 1. The number of hydrogen-bond donors (Lipinski definition) is 4. The number of phenolic OH excluding ortho intramolecular Hbond substituents is 1. The van der Waals surface area contributed by atoms with Crippen LogP contribution in [0.4, 0.5) is 0 Å². The molecule has 3 aromatic carbocycles. The average Bonchev–Trinajstić information content (AvgIpc) is 2.93. The molecule has 4 N–H and O–H groups in total. The van der Waals surface area contributed by atoms with Crippen molar-refractivity contribution in [1.82, 2.24) is 10.6 Å². The molecule has 0 bridgehead atoms. The van der Waals surface area contributed by atoms with Crippen LogP contribution in [0, 0.1) is 0 Å². The summed E-state index contributed by atoms with van der Waals surface area (Å²) in [5.74, 6) is 0.843. The van der Waals surface area contributed by atoms with Crippen molar-refractivity contribution in [3.05, 3.63) is 96.1 Å². The summed E-state index contributed by atoms with van der Waals surface area (Å²) in [6, 6.07) is 30.2. The minimum Gasteiger partial charge on any atom is -0.508 e. The average molecular weight is 519 g/mol. The third-order valence-corrected chi connectivity index (χ3v) is 7.10. The monoisotopic (exact) mass is 518 g/mol. The van der Waals surface area contributed by atoms with Crippen molar-refractivity contribution in [1.29, 1.82) is 0 Å². The van der Waals surface area contributed by atoms with Crippen LogP contribution in [0.3, 0.4) is 0 Å². The lowest BCUT2D eigenvalue weighted by Gasteiger charge is -2.42. The Bertz CT molecular complexity index is 989. The highest BCUT2D eigenvalue weighted by Gasteiger charge is 2.38. The van der Waals surface area contributed by atoms with Gasteiger partial charge in [0.2, 0.25) is 0 Å². The molecule has 1 aliphatic rings. The fourth-order valence-corrected chi connectivity index (χ4v) is 5.17. The van der Waals surface area contributed by atoms with Gasteiger partial charge in [-0.05, 0) is 61.1 Å². The molecular formula is C33H46N2O3. The van der Waals surface area contributed by atoms with Gasteiger partial charge in [-0.25, -0.2) is 0 Å². The van der Waals surface area contributed by atoms with Gasteiger partial charge in [-0.1, -0.05) is 88.4 Å². The molecule has 0 aliphatic heterocycles. The van der Waals surface area contributed by atoms with Crippen LogP contribution in [-0.2, 0) is 5.41 Å². The molecule has 0 amide bonds. The van der Waals surface area contributed by atoms with Gasteiger partial charge in [0, 0.05) is 30.1 Å². The van der Waals surface area contributed by atoms with Gasteiger partial charge in [-0.3, -0.25) is 0 Å². The van der Waals surface area contributed by atoms with E-state index in [1.165, 1.54) is 36.8 Å². The molecule has 38 heavy (non-hydrogen) atoms. The van der Waals surface area contributed by atoms with E-state index in [2.05, 4.69) is 85.1 Å². The minimum absolute atomic E-state index is 0.192. The summed E-state index contributed by atoms with van der Waals surface area (Å²) in [5, 5.41) is 25.5. The summed E-state index contributed by atoms with van der Waals surface area (Å²) in [6.07, 6.45) is 4.43. The first-order valence-corrected chi connectivity index (χ1v) is 14.0. The van der Waals surface area contributed by atoms with E-state index in [9.17, 15) is 5.11 Å². The minimum atomic E-state index is -0.531. The van der Waals surface area contributed by atoms with E-state index in [1.807, 2.05) is 13.8 Å². The number of nitrogens with one attached hydrogen (secondary N) is 2. The first-order valence-electron chi connectivity index (χ1n) is 14.0. The normalized spacial score (nSPS) is 16.1. The maximum Gasteiger partial charge on any atom is 0.119 e. The van der Waals surface area contributed by atoms with E-state index in [0.717, 1.165) is 0 Å². The van der Waals surface area contributed by atoms with Gasteiger partial charge in [0.05, 0.1) is 0 Å². The fraction of sp³-hybridized carbons (Fsp3) is 0.455. The van der Waals surface area contributed by atoms with Crippen LogP contribution in [-0.4, -0.2) is 47.6 Å². The second-order valence-corrected chi connectivity index (χ2v) is 10.9. The van der Waals surface area contributed by atoms with Crippen molar-refractivity contribution >= 4 is 0 Å². The Morgan fingerprint density at radius 2 is 1.32 bits per heavy atom. The molecule has 1 fully saturated rings. The van der Waals surface area contributed by atoms with Crippen molar-refractivity contribution in [2.45, 2.75) is 83.0 Å². The van der Waals surface area contributed by atoms with Gasteiger partial charge in [-0.2, -0.15) is 0 Å². The Morgan fingerprint density at radius 3 is 1.79 bits per heavy atom. The maximum absolute atomic E-state index is 9.58. The number of benzene rings is 3. The van der Waals surface area contributed by atoms with Crippen molar-refractivity contribution in [3.63, 3.8) is 0 Å². The molecule has 1 atom stereocenters. The summed E-state index contributed by atoms with van der Waals surface area (Å²) in [5.41, 5.74) is 3.14. The largest absolute Gasteiger partial charge is 0.508 e. The van der Waals surface area contributed by atoms with E-state index in [4.69, 9.17) is 9.84 Å². The molecule has 0 spiro atoms. The number of hydrogen-bond acceptors (Lipinski definition) is 5. The smallest absolute Gasteiger partial charge is 0.119 e. The molecule has 0 saturated heterocycles. The zero-order valence-corrected chi connectivity index (χ0v) is 23.4. The summed E-state index contributed by atoms with van der Waals surface area (Å²) in [6.45, 7) is 9.29. The van der Waals surface area contributed by atoms with E-state index in [0.29, 0.717) is 30.4 Å². The predicted molar refractivity (Wildman–Crippen MR) is 157 cm³/mol. The second kappa shape index (κ2) is 14.9. The number of aliphatic hydroxyl groups is 1. The highest BCUT2D eigenvalue weighted by Crippen LogP contribution is 2.44. The molecule has 0 aromatic heterocycles. The Balaban J connectivity index is 0.000000223. The lowest BCUT2D eigenvalue weighted by molar-refractivity contribution is 0.104. The van der Waals surface area contributed by atoms with Gasteiger partial charge in [0.25, 0.3) is 0 Å². The van der Waals surface area contributed by atoms with Crippen molar-refractivity contribution in [2.75, 3.05) is 13.2 Å². The molecule has 0 radical (unpaired) electrons. The first kappa shape index (κ1) is 29.7. The van der Waals surface area contributed by atoms with Crippen molar-refractivity contribution < 1.29 is 14.9 Å². The molecule has 4 rings (SSSR count). The maximum atomic E-state index is 9.58. The summed E-state index contributed by atoms with van der Waals surface area (Å²) in [7, 11) is 0. The summed E-state index contributed by atoms with van der Waals surface area (Å²) in [4.78, 5) is 0. The van der Waals surface area contributed by atoms with Crippen molar-refractivity contribution in [3.8, 4) is 11.5 Å². The van der Waals surface area contributed by atoms with E-state index in [-0.39, 0.29) is 17.8 Å². The Hall–Kier alpha value is -2.86. The molecule has 1 saturated carbocycles. The highest BCUT2D eigenvalue weighted by atomic mass is 16.5. The molecular weight excluding hydrogens is 472 g/mol. The van der Waals surface area contributed by atoms with Gasteiger partial charge in [-0.15, -0.1) is 0 Å². The molecule has 1 aliphatic carbocycles. The number of aliphatic hydroxyl groups excluding tert-OH is 1. The summed E-state index contributed by atoms with van der Waals surface area (Å²) >= 11 is 0. The Labute approximate surface area is 229 Å². The third-order valence-electron chi connectivity index (χ3n) is 7.10. The molecule has 3 aromatic rings. The van der Waals surface area contributed by atoms with Gasteiger partial charge < -0.3 is 25.6 Å². The van der Waals surface area contributed by atoms with Crippen LogP contribution in [0.5, 0.6) is 11.5 Å². The van der Waals surface area contributed by atoms with Crippen LogP contribution in [0.15, 0.2) is 84.9 Å². The van der Waals surface area contributed by atoms with Crippen LogP contribution >= 0.6 is 0 Å². The SMILES string of the molecule is CC(C)NC1CCC(c2ccccc2)(c2ccccc2)CC1.CC(C)NC[C@H](O)COc1ccc(O)cc1. The predicted octanol–water partition coefficient (Wildman–Crippen LogP) is 6.04. The number of phenols is 1. The van der Waals surface area contributed by atoms with Crippen LogP contribution < -0.4 is 15.4 Å². The third kappa shape index (κ3) is 9.16. The van der Waals surface area contributed by atoms with Gasteiger partial charge in [0.1, 0.15) is 24.2 Å². The molecule has 0 unspecified atom stereocenters. The second-order valence-electron chi connectivity index (χ2n) is 10.9. The zero-order valence-electron chi connectivity index (χ0n) is 23.4. The lowest BCUT2D eigenvalue weighted by atomic mass is 9.64. The van der Waals surface area contributed by atoms with Crippen LogP contribution in [0.1, 0.15) is 64.5 Å². The van der Waals surface area contributed by atoms with E-state index >= 15 is 0 Å². The lowest BCUT2D eigenvalue weighted by Crippen LogP contribution is -2.42. The number of aromatic hydroxyl groups is 1. The van der Waals surface area contributed by atoms with Crippen LogP contribution in [0.2, 0.25) is 0 Å². The van der Waals surface area contributed by atoms with Gasteiger partial charge >= 0.3 is 0 Å². The van der Waals surface area contributed by atoms with Crippen LogP contribution in [0.25, 0.3) is 0 Å². The standard InChI is InChI=1S/C21H27N.C12H19NO3/c1-17(2)22-20-13-15-21(16-14-20,18-9-5-3-6-10-18)19-11-7-4-8-12-19;1-9(2)13-7-11(15)8-16-12-5-3-10(14)4-6-12/h3-12,17,20,22H,13-16H2,1-2H3;3-6,9,11,13-15H,7-8H2,1-2H3/t;11-/m.0/s1. The molecule has 5 heteroatoms. The van der Waals surface area contributed by atoms with E-state index < -0.39 is 6.10 Å². The molecule has 0 heterocycles. The number of rotatable bonds is 10. The van der Waals surface area contributed by atoms with E-state index in [1.54, 1.807) is 24.3 Å².